The summed E-state index contributed by atoms with van der Waals surface area (Å²) in [4.78, 5) is 17.4. The zero-order chi connectivity index (χ0) is 29.0. The third-order valence-electron chi connectivity index (χ3n) is 7.23. The van der Waals surface area contributed by atoms with Crippen LogP contribution >= 0.6 is 0 Å². The Morgan fingerprint density at radius 2 is 1.80 bits per heavy atom. The number of phenols is 1. The van der Waals surface area contributed by atoms with E-state index in [1.165, 1.54) is 43.5 Å². The molecule has 0 bridgehead atoms. The number of methoxy groups -OCH3 is 1. The highest BCUT2D eigenvalue weighted by atomic mass is 19.4. The summed E-state index contributed by atoms with van der Waals surface area (Å²) >= 11 is 0. The molecule has 0 aromatic heterocycles. The Morgan fingerprint density at radius 3 is 2.45 bits per heavy atom. The van der Waals surface area contributed by atoms with Crippen molar-refractivity contribution in [2.75, 3.05) is 33.3 Å². The monoisotopic (exact) mass is 558 g/mol. The maximum atomic E-state index is 13.6. The van der Waals surface area contributed by atoms with Gasteiger partial charge in [-0.05, 0) is 65.4 Å². The van der Waals surface area contributed by atoms with E-state index in [1.54, 1.807) is 29.2 Å². The Bertz CT molecular complexity index is 1310. The van der Waals surface area contributed by atoms with Crippen molar-refractivity contribution in [2.24, 2.45) is 11.8 Å². The van der Waals surface area contributed by atoms with E-state index in [2.05, 4.69) is 4.90 Å². The van der Waals surface area contributed by atoms with E-state index >= 15 is 0 Å². The van der Waals surface area contributed by atoms with Gasteiger partial charge in [0.25, 0.3) is 5.91 Å². The number of hydrogen-bond acceptors (Lipinski definition) is 4. The van der Waals surface area contributed by atoms with Crippen LogP contribution in [0.4, 0.5) is 17.6 Å². The lowest BCUT2D eigenvalue weighted by Crippen LogP contribution is -2.39. The van der Waals surface area contributed by atoms with Crippen LogP contribution in [0.3, 0.4) is 0 Å². The van der Waals surface area contributed by atoms with Crippen LogP contribution in [-0.2, 0) is 12.7 Å². The molecule has 3 aromatic carbocycles. The number of likely N-dealkylation sites (tertiary alicyclic amines) is 1. The van der Waals surface area contributed by atoms with Crippen molar-refractivity contribution in [3.05, 3.63) is 94.8 Å². The number of carbonyl (C=O) groups is 1. The number of aromatic hydroxyl groups is 1. The number of amides is 1. The molecule has 1 aliphatic rings. The summed E-state index contributed by atoms with van der Waals surface area (Å²) in [6, 6.07) is 15.9. The second-order valence-corrected chi connectivity index (χ2v) is 10.8. The van der Waals surface area contributed by atoms with Crippen molar-refractivity contribution in [1.29, 1.82) is 0 Å². The van der Waals surface area contributed by atoms with Gasteiger partial charge in [-0.15, -0.1) is 0 Å². The van der Waals surface area contributed by atoms with Gasteiger partial charge in [0, 0.05) is 44.2 Å². The van der Waals surface area contributed by atoms with Crippen molar-refractivity contribution in [3.63, 3.8) is 0 Å². The minimum atomic E-state index is -4.46. The van der Waals surface area contributed by atoms with Gasteiger partial charge in [0.1, 0.15) is 5.82 Å². The number of alkyl halides is 3. The topological polar surface area (TPSA) is 53.0 Å². The van der Waals surface area contributed by atoms with Gasteiger partial charge in [-0.3, -0.25) is 9.69 Å². The Kier molecular flexibility index (Phi) is 9.03. The highest BCUT2D eigenvalue weighted by molar-refractivity contribution is 5.94. The van der Waals surface area contributed by atoms with Gasteiger partial charge in [0.15, 0.2) is 11.5 Å². The molecule has 0 aliphatic carbocycles. The lowest BCUT2D eigenvalue weighted by atomic mass is 9.87. The summed E-state index contributed by atoms with van der Waals surface area (Å²) in [6.07, 6.45) is -4.46. The van der Waals surface area contributed by atoms with Crippen molar-refractivity contribution in [3.8, 4) is 11.5 Å². The minimum absolute atomic E-state index is 0.0241. The van der Waals surface area contributed by atoms with Crippen LogP contribution in [0.5, 0.6) is 11.5 Å². The van der Waals surface area contributed by atoms with E-state index in [0.29, 0.717) is 49.6 Å². The zero-order valence-corrected chi connectivity index (χ0v) is 22.8. The summed E-state index contributed by atoms with van der Waals surface area (Å²) in [5.41, 5.74) is 1.12. The van der Waals surface area contributed by atoms with Crippen molar-refractivity contribution < 1.29 is 32.2 Å². The van der Waals surface area contributed by atoms with Crippen LogP contribution in [0.2, 0.25) is 0 Å². The SMILES string of the molecule is COc1cc(CN2CC(CN(CC(C)C)C(=O)c3ccc(F)cc3)C(c3cccc(C(F)(F)F)c3)C2)ccc1O. The fraction of sp³-hybridized carbons (Fsp3) is 0.387. The first-order valence-electron chi connectivity index (χ1n) is 13.2. The number of rotatable bonds is 9. The summed E-state index contributed by atoms with van der Waals surface area (Å²) in [7, 11) is 1.47. The van der Waals surface area contributed by atoms with Crippen molar-refractivity contribution >= 4 is 5.91 Å². The summed E-state index contributed by atoms with van der Waals surface area (Å²) in [5, 5.41) is 9.96. The molecule has 1 aliphatic heterocycles. The van der Waals surface area contributed by atoms with Gasteiger partial charge in [0.05, 0.1) is 12.7 Å². The molecule has 2 atom stereocenters. The van der Waals surface area contributed by atoms with Crippen molar-refractivity contribution in [2.45, 2.75) is 32.5 Å². The van der Waals surface area contributed by atoms with Crippen LogP contribution in [0.1, 0.15) is 46.8 Å². The molecule has 1 N–H and O–H groups in total. The third kappa shape index (κ3) is 7.13. The molecule has 3 aromatic rings. The van der Waals surface area contributed by atoms with Gasteiger partial charge in [-0.2, -0.15) is 13.2 Å². The molecule has 9 heteroatoms. The van der Waals surface area contributed by atoms with E-state index in [0.717, 1.165) is 11.6 Å². The van der Waals surface area contributed by atoms with E-state index in [-0.39, 0.29) is 29.4 Å². The molecule has 2 unspecified atom stereocenters. The van der Waals surface area contributed by atoms with Crippen LogP contribution in [0.15, 0.2) is 66.7 Å². The molecular weight excluding hydrogens is 524 g/mol. The number of nitrogens with zero attached hydrogens (tertiary/aromatic N) is 2. The largest absolute Gasteiger partial charge is 0.504 e. The summed E-state index contributed by atoms with van der Waals surface area (Å²) < 4.78 is 59.5. The molecule has 0 radical (unpaired) electrons. The quantitative estimate of drug-likeness (QED) is 0.302. The van der Waals surface area contributed by atoms with E-state index in [9.17, 15) is 27.5 Å². The molecule has 1 saturated heterocycles. The lowest BCUT2D eigenvalue weighted by Gasteiger charge is -2.30. The Hall–Kier alpha value is -3.59. The Morgan fingerprint density at radius 1 is 1.07 bits per heavy atom. The first kappa shape index (κ1) is 29.4. The van der Waals surface area contributed by atoms with Gasteiger partial charge < -0.3 is 14.7 Å². The normalized spacial score (nSPS) is 17.8. The lowest BCUT2D eigenvalue weighted by molar-refractivity contribution is -0.137. The molecule has 0 saturated carbocycles. The second kappa shape index (κ2) is 12.3. The molecule has 214 valence electrons. The molecular formula is C31H34F4N2O3. The van der Waals surface area contributed by atoms with E-state index in [1.807, 2.05) is 13.8 Å². The summed E-state index contributed by atoms with van der Waals surface area (Å²) in [6.45, 7) is 6.33. The van der Waals surface area contributed by atoms with Crippen LogP contribution in [-0.4, -0.2) is 54.1 Å². The third-order valence-corrected chi connectivity index (χ3v) is 7.23. The predicted octanol–water partition coefficient (Wildman–Crippen LogP) is 6.57. The first-order valence-corrected chi connectivity index (χ1v) is 13.2. The van der Waals surface area contributed by atoms with E-state index in [4.69, 9.17) is 4.74 Å². The van der Waals surface area contributed by atoms with Gasteiger partial charge in [-0.1, -0.05) is 38.1 Å². The van der Waals surface area contributed by atoms with Gasteiger partial charge >= 0.3 is 6.18 Å². The van der Waals surface area contributed by atoms with Crippen LogP contribution in [0, 0.1) is 17.7 Å². The summed E-state index contributed by atoms with van der Waals surface area (Å²) in [5.74, 6) is -0.556. The van der Waals surface area contributed by atoms with E-state index < -0.39 is 17.6 Å². The number of hydrogen-bond donors (Lipinski definition) is 1. The number of benzene rings is 3. The number of halogens is 4. The molecule has 40 heavy (non-hydrogen) atoms. The highest BCUT2D eigenvalue weighted by Crippen LogP contribution is 2.38. The average Bonchev–Trinajstić information content (AvgIpc) is 3.30. The average molecular weight is 559 g/mol. The first-order chi connectivity index (χ1) is 18.9. The highest BCUT2D eigenvalue weighted by Gasteiger charge is 2.38. The molecule has 1 heterocycles. The second-order valence-electron chi connectivity index (χ2n) is 10.8. The number of phenolic OH excluding ortho intramolecular Hbond substituents is 1. The fourth-order valence-corrected chi connectivity index (χ4v) is 5.42. The Balaban J connectivity index is 1.64. The minimum Gasteiger partial charge on any atom is -0.504 e. The van der Waals surface area contributed by atoms with Gasteiger partial charge in [-0.25, -0.2) is 4.39 Å². The zero-order valence-electron chi connectivity index (χ0n) is 22.8. The molecule has 1 amide bonds. The molecule has 4 rings (SSSR count). The van der Waals surface area contributed by atoms with Crippen LogP contribution < -0.4 is 4.74 Å². The molecule has 0 spiro atoms. The fourth-order valence-electron chi connectivity index (χ4n) is 5.42. The molecule has 5 nitrogen and oxygen atoms in total. The smallest absolute Gasteiger partial charge is 0.416 e. The molecule has 1 fully saturated rings. The van der Waals surface area contributed by atoms with Crippen molar-refractivity contribution in [1.82, 2.24) is 9.80 Å². The maximum Gasteiger partial charge on any atom is 0.416 e. The standard InChI is InChI=1S/C31H34F4N2O3/c1-20(2)15-37(30(39)22-8-10-26(32)11-9-22)18-24-17-36(16-21-7-12-28(38)29(13-21)40-3)19-27(24)23-5-4-6-25(14-23)31(33,34)35/h4-14,20,24,27,38H,15-19H2,1-3H3. The Labute approximate surface area is 232 Å². The van der Waals surface area contributed by atoms with Gasteiger partial charge in [0.2, 0.25) is 0 Å². The maximum absolute atomic E-state index is 13.6. The van der Waals surface area contributed by atoms with Crippen LogP contribution in [0.25, 0.3) is 0 Å². The number of ether oxygens (including phenoxy) is 1. The predicted molar refractivity (Wildman–Crippen MR) is 145 cm³/mol. The number of carbonyl (C=O) groups excluding carboxylic acids is 1.